The number of hydrogen-bond donors (Lipinski definition) is 2. The second-order valence-corrected chi connectivity index (χ2v) is 5.80. The van der Waals surface area contributed by atoms with Crippen LogP contribution in [0.15, 0.2) is 18.2 Å². The lowest BCUT2D eigenvalue weighted by Gasteiger charge is -2.29. The standard InChI is InChI=1S/C13H19ClFNO.ClH/c1-13(2,3)12(16)7-11(17)8-4-5-10(15)9(14)6-8;/h4-6,11-12,17H,7,16H2,1-3H3;1H/t11-,12+;/m0./s1. The van der Waals surface area contributed by atoms with Crippen LogP contribution >= 0.6 is 24.0 Å². The van der Waals surface area contributed by atoms with Crippen molar-refractivity contribution >= 4 is 24.0 Å². The van der Waals surface area contributed by atoms with Crippen LogP contribution in [-0.2, 0) is 0 Å². The summed E-state index contributed by atoms with van der Waals surface area (Å²) in [5.41, 5.74) is 6.50. The molecule has 1 aromatic rings. The fourth-order valence-corrected chi connectivity index (χ4v) is 1.64. The first-order valence-electron chi connectivity index (χ1n) is 5.60. The van der Waals surface area contributed by atoms with Gasteiger partial charge >= 0.3 is 0 Å². The fourth-order valence-electron chi connectivity index (χ4n) is 1.45. The largest absolute Gasteiger partial charge is 0.388 e. The Hall–Kier alpha value is -0.350. The van der Waals surface area contributed by atoms with Crippen LogP contribution in [-0.4, -0.2) is 11.1 Å². The Morgan fingerprint density at radius 1 is 1.39 bits per heavy atom. The minimum Gasteiger partial charge on any atom is -0.388 e. The van der Waals surface area contributed by atoms with E-state index in [1.54, 1.807) is 0 Å². The highest BCUT2D eigenvalue weighted by Gasteiger charge is 2.24. The summed E-state index contributed by atoms with van der Waals surface area (Å²) in [6, 6.07) is 4.09. The SMILES string of the molecule is CC(C)(C)[C@H](N)C[C@H](O)c1ccc(F)c(Cl)c1.Cl. The Morgan fingerprint density at radius 3 is 2.39 bits per heavy atom. The predicted molar refractivity (Wildman–Crippen MR) is 75.7 cm³/mol. The molecule has 0 saturated carbocycles. The fraction of sp³-hybridized carbons (Fsp3) is 0.538. The summed E-state index contributed by atoms with van der Waals surface area (Å²) < 4.78 is 13.0. The summed E-state index contributed by atoms with van der Waals surface area (Å²) in [4.78, 5) is 0. The van der Waals surface area contributed by atoms with Crippen LogP contribution in [0.5, 0.6) is 0 Å². The third-order valence-corrected chi connectivity index (χ3v) is 3.21. The first-order valence-corrected chi connectivity index (χ1v) is 5.98. The molecule has 0 amide bonds. The van der Waals surface area contributed by atoms with Crippen molar-refractivity contribution in [2.45, 2.75) is 39.3 Å². The van der Waals surface area contributed by atoms with Crippen molar-refractivity contribution in [1.29, 1.82) is 0 Å². The molecule has 5 heteroatoms. The van der Waals surface area contributed by atoms with Crippen molar-refractivity contribution in [2.75, 3.05) is 0 Å². The van der Waals surface area contributed by atoms with Crippen LogP contribution in [0.25, 0.3) is 0 Å². The average molecular weight is 296 g/mol. The Labute approximate surface area is 119 Å². The number of aliphatic hydroxyl groups excluding tert-OH is 1. The monoisotopic (exact) mass is 295 g/mol. The van der Waals surface area contributed by atoms with Gasteiger partial charge in [0.2, 0.25) is 0 Å². The molecule has 0 aliphatic heterocycles. The molecule has 18 heavy (non-hydrogen) atoms. The van der Waals surface area contributed by atoms with Gasteiger partial charge < -0.3 is 10.8 Å². The normalized spacial score (nSPS) is 14.8. The molecule has 0 aliphatic rings. The van der Waals surface area contributed by atoms with Gasteiger partial charge in [-0.15, -0.1) is 12.4 Å². The summed E-state index contributed by atoms with van der Waals surface area (Å²) in [6.45, 7) is 6.05. The van der Waals surface area contributed by atoms with E-state index in [-0.39, 0.29) is 28.9 Å². The van der Waals surface area contributed by atoms with Crippen LogP contribution in [0.2, 0.25) is 5.02 Å². The van der Waals surface area contributed by atoms with E-state index in [4.69, 9.17) is 17.3 Å². The summed E-state index contributed by atoms with van der Waals surface area (Å²) in [5.74, 6) is -0.484. The third kappa shape index (κ3) is 4.73. The smallest absolute Gasteiger partial charge is 0.141 e. The Balaban J connectivity index is 0.00000289. The Morgan fingerprint density at radius 2 is 1.94 bits per heavy atom. The van der Waals surface area contributed by atoms with Gasteiger partial charge in [-0.3, -0.25) is 0 Å². The van der Waals surface area contributed by atoms with Crippen molar-refractivity contribution < 1.29 is 9.50 Å². The van der Waals surface area contributed by atoms with E-state index in [9.17, 15) is 9.50 Å². The molecule has 1 rings (SSSR count). The summed E-state index contributed by atoms with van der Waals surface area (Å²) in [5, 5.41) is 10.0. The first-order chi connectivity index (χ1) is 7.71. The van der Waals surface area contributed by atoms with E-state index in [0.717, 1.165) is 0 Å². The van der Waals surface area contributed by atoms with Crippen molar-refractivity contribution in [3.63, 3.8) is 0 Å². The van der Waals surface area contributed by atoms with Crippen molar-refractivity contribution in [2.24, 2.45) is 11.1 Å². The number of hydrogen-bond acceptors (Lipinski definition) is 2. The van der Waals surface area contributed by atoms with Gasteiger partial charge in [0.25, 0.3) is 0 Å². The maximum atomic E-state index is 13.0. The summed E-state index contributed by atoms with van der Waals surface area (Å²) in [7, 11) is 0. The predicted octanol–water partition coefficient (Wildman–Crippen LogP) is 3.70. The molecular formula is C13H20Cl2FNO. The lowest BCUT2D eigenvalue weighted by Crippen LogP contribution is -2.36. The number of aliphatic hydroxyl groups is 1. The average Bonchev–Trinajstić information content (AvgIpc) is 2.20. The second-order valence-electron chi connectivity index (χ2n) is 5.40. The van der Waals surface area contributed by atoms with Gasteiger partial charge in [-0.1, -0.05) is 38.4 Å². The Bertz CT molecular complexity index is 393. The zero-order valence-electron chi connectivity index (χ0n) is 10.8. The van der Waals surface area contributed by atoms with Gasteiger partial charge in [0, 0.05) is 6.04 Å². The summed E-state index contributed by atoms with van der Waals surface area (Å²) in [6.07, 6.45) is -0.298. The lowest BCUT2D eigenvalue weighted by atomic mass is 9.83. The van der Waals surface area contributed by atoms with Gasteiger partial charge in [-0.2, -0.15) is 0 Å². The van der Waals surface area contributed by atoms with Crippen LogP contribution in [0.4, 0.5) is 4.39 Å². The van der Waals surface area contributed by atoms with Crippen molar-refractivity contribution in [3.8, 4) is 0 Å². The molecule has 3 N–H and O–H groups in total. The van der Waals surface area contributed by atoms with Gasteiger partial charge in [0.05, 0.1) is 11.1 Å². The van der Waals surface area contributed by atoms with Crippen molar-refractivity contribution in [1.82, 2.24) is 0 Å². The van der Waals surface area contributed by atoms with Gasteiger partial charge in [-0.25, -0.2) is 4.39 Å². The minimum absolute atomic E-state index is 0. The highest BCUT2D eigenvalue weighted by molar-refractivity contribution is 6.30. The zero-order valence-corrected chi connectivity index (χ0v) is 12.4. The number of benzene rings is 1. The van der Waals surface area contributed by atoms with Gasteiger partial charge in [-0.05, 0) is 29.5 Å². The molecule has 0 saturated heterocycles. The molecule has 104 valence electrons. The van der Waals surface area contributed by atoms with Gasteiger partial charge in [0.15, 0.2) is 0 Å². The quantitative estimate of drug-likeness (QED) is 0.893. The van der Waals surface area contributed by atoms with Crippen LogP contribution < -0.4 is 5.73 Å². The molecule has 2 atom stereocenters. The number of rotatable bonds is 3. The number of nitrogens with two attached hydrogens (primary N) is 1. The van der Waals surface area contributed by atoms with E-state index in [1.165, 1.54) is 18.2 Å². The van der Waals surface area contributed by atoms with Gasteiger partial charge in [0.1, 0.15) is 5.82 Å². The van der Waals surface area contributed by atoms with E-state index in [0.29, 0.717) is 12.0 Å². The molecule has 0 aliphatic carbocycles. The lowest BCUT2D eigenvalue weighted by molar-refractivity contribution is 0.133. The second kappa shape index (κ2) is 6.71. The maximum Gasteiger partial charge on any atom is 0.141 e. The molecule has 0 radical (unpaired) electrons. The Kier molecular flexibility index (Phi) is 6.58. The molecule has 0 bridgehead atoms. The molecule has 0 heterocycles. The molecule has 0 unspecified atom stereocenters. The molecule has 2 nitrogen and oxygen atoms in total. The summed E-state index contributed by atoms with van der Waals surface area (Å²) >= 11 is 5.67. The minimum atomic E-state index is -0.720. The molecular weight excluding hydrogens is 276 g/mol. The van der Waals surface area contributed by atoms with E-state index < -0.39 is 11.9 Å². The van der Waals surface area contributed by atoms with E-state index >= 15 is 0 Å². The molecule has 0 fully saturated rings. The zero-order chi connectivity index (χ0) is 13.2. The number of halogens is 3. The third-order valence-electron chi connectivity index (χ3n) is 2.92. The van der Waals surface area contributed by atoms with E-state index in [2.05, 4.69) is 0 Å². The molecule has 0 spiro atoms. The van der Waals surface area contributed by atoms with E-state index in [1.807, 2.05) is 20.8 Å². The first kappa shape index (κ1) is 17.6. The maximum absolute atomic E-state index is 13.0. The highest BCUT2D eigenvalue weighted by atomic mass is 35.5. The molecule has 0 aromatic heterocycles. The van der Waals surface area contributed by atoms with Crippen LogP contribution in [0, 0.1) is 11.2 Å². The molecule has 1 aromatic carbocycles. The highest BCUT2D eigenvalue weighted by Crippen LogP contribution is 2.28. The van der Waals surface area contributed by atoms with Crippen molar-refractivity contribution in [3.05, 3.63) is 34.6 Å². The van der Waals surface area contributed by atoms with Crippen LogP contribution in [0.1, 0.15) is 38.9 Å². The van der Waals surface area contributed by atoms with Crippen LogP contribution in [0.3, 0.4) is 0 Å². The topological polar surface area (TPSA) is 46.2 Å².